The van der Waals surface area contributed by atoms with Crippen LogP contribution in [0.25, 0.3) is 0 Å². The van der Waals surface area contributed by atoms with Crippen molar-refractivity contribution in [1.82, 2.24) is 0 Å². The van der Waals surface area contributed by atoms with E-state index in [1.165, 1.54) is 19.2 Å². The molecule has 4 heteroatoms. The van der Waals surface area contributed by atoms with Gasteiger partial charge in [-0.15, -0.1) is 0 Å². The van der Waals surface area contributed by atoms with Gasteiger partial charge in [0.05, 0.1) is 13.2 Å². The Balaban J connectivity index is 2.08. The highest BCUT2D eigenvalue weighted by Crippen LogP contribution is 2.31. The van der Waals surface area contributed by atoms with Crippen LogP contribution in [0, 0.1) is 17.6 Å². The molecule has 0 N–H and O–H groups in total. The molecule has 18 heavy (non-hydrogen) atoms. The molecule has 1 fully saturated rings. The quantitative estimate of drug-likeness (QED) is 0.815. The second kappa shape index (κ2) is 5.55. The van der Waals surface area contributed by atoms with Gasteiger partial charge in [0.15, 0.2) is 11.5 Å². The van der Waals surface area contributed by atoms with E-state index in [0.29, 0.717) is 5.92 Å². The van der Waals surface area contributed by atoms with Crippen LogP contribution >= 0.6 is 0 Å². The maximum atomic E-state index is 13.7. The van der Waals surface area contributed by atoms with E-state index in [-0.39, 0.29) is 17.6 Å². The van der Waals surface area contributed by atoms with Crippen LogP contribution in [-0.4, -0.2) is 13.2 Å². The van der Waals surface area contributed by atoms with Gasteiger partial charge < -0.3 is 9.47 Å². The second-order valence-electron chi connectivity index (χ2n) is 4.89. The molecule has 100 valence electrons. The molecule has 0 saturated heterocycles. The van der Waals surface area contributed by atoms with Crippen LogP contribution in [0.2, 0.25) is 0 Å². The third kappa shape index (κ3) is 2.74. The van der Waals surface area contributed by atoms with Crippen LogP contribution < -0.4 is 9.47 Å². The number of methoxy groups -OCH3 is 1. The maximum absolute atomic E-state index is 13.7. The summed E-state index contributed by atoms with van der Waals surface area (Å²) in [4.78, 5) is 0. The summed E-state index contributed by atoms with van der Waals surface area (Å²) in [5.41, 5.74) is 0. The summed E-state index contributed by atoms with van der Waals surface area (Å²) in [5, 5.41) is 0. The predicted molar refractivity (Wildman–Crippen MR) is 65.0 cm³/mol. The smallest absolute Gasteiger partial charge is 0.204 e. The lowest BCUT2D eigenvalue weighted by Gasteiger charge is -2.27. The lowest BCUT2D eigenvalue weighted by atomic mass is 9.89. The van der Waals surface area contributed by atoms with E-state index in [4.69, 9.17) is 9.47 Å². The molecule has 0 aromatic heterocycles. The summed E-state index contributed by atoms with van der Waals surface area (Å²) < 4.78 is 37.5. The van der Waals surface area contributed by atoms with Gasteiger partial charge in [-0.1, -0.05) is 6.92 Å². The van der Waals surface area contributed by atoms with Gasteiger partial charge in [-0.2, -0.15) is 8.78 Å². The molecule has 0 radical (unpaired) electrons. The van der Waals surface area contributed by atoms with Gasteiger partial charge in [-0.05, 0) is 43.7 Å². The minimum Gasteiger partial charge on any atom is -0.494 e. The number of ether oxygens (including phenoxy) is 2. The zero-order valence-corrected chi connectivity index (χ0v) is 10.7. The molecular weight excluding hydrogens is 238 g/mol. The molecule has 0 spiro atoms. The Kier molecular flexibility index (Phi) is 4.04. The van der Waals surface area contributed by atoms with Crippen molar-refractivity contribution in [1.29, 1.82) is 0 Å². The van der Waals surface area contributed by atoms with Gasteiger partial charge in [0.2, 0.25) is 11.6 Å². The van der Waals surface area contributed by atoms with E-state index < -0.39 is 11.6 Å². The van der Waals surface area contributed by atoms with Gasteiger partial charge >= 0.3 is 0 Å². The molecule has 0 heterocycles. The molecule has 2 nitrogen and oxygen atoms in total. The Morgan fingerprint density at radius 2 is 1.56 bits per heavy atom. The van der Waals surface area contributed by atoms with Crippen molar-refractivity contribution in [2.75, 3.05) is 7.11 Å². The highest BCUT2D eigenvalue weighted by molar-refractivity contribution is 5.35. The number of benzene rings is 1. The van der Waals surface area contributed by atoms with Crippen molar-refractivity contribution in [2.24, 2.45) is 5.92 Å². The van der Waals surface area contributed by atoms with Crippen molar-refractivity contribution >= 4 is 0 Å². The minimum atomic E-state index is -0.987. The Bertz CT molecular complexity index is 413. The summed E-state index contributed by atoms with van der Waals surface area (Å²) in [6.45, 7) is 2.20. The number of rotatable bonds is 3. The zero-order chi connectivity index (χ0) is 13.1. The summed E-state index contributed by atoms with van der Waals surface area (Å²) in [5.74, 6) is -1.38. The molecule has 0 amide bonds. The first-order valence-electron chi connectivity index (χ1n) is 6.30. The van der Waals surface area contributed by atoms with Crippen LogP contribution in [0.5, 0.6) is 11.5 Å². The average molecular weight is 256 g/mol. The van der Waals surface area contributed by atoms with Gasteiger partial charge in [-0.3, -0.25) is 0 Å². The van der Waals surface area contributed by atoms with Crippen LogP contribution in [0.15, 0.2) is 12.1 Å². The molecule has 0 atom stereocenters. The van der Waals surface area contributed by atoms with Crippen molar-refractivity contribution in [2.45, 2.75) is 38.7 Å². The predicted octanol–water partition coefficient (Wildman–Crippen LogP) is 3.93. The van der Waals surface area contributed by atoms with E-state index in [9.17, 15) is 8.78 Å². The monoisotopic (exact) mass is 256 g/mol. The van der Waals surface area contributed by atoms with Crippen LogP contribution in [0.1, 0.15) is 32.6 Å². The van der Waals surface area contributed by atoms with E-state index >= 15 is 0 Å². The summed E-state index contributed by atoms with van der Waals surface area (Å²) >= 11 is 0. The molecule has 1 aliphatic rings. The van der Waals surface area contributed by atoms with E-state index in [1.54, 1.807) is 0 Å². The lowest BCUT2D eigenvalue weighted by molar-refractivity contribution is 0.129. The summed E-state index contributed by atoms with van der Waals surface area (Å²) in [7, 11) is 1.31. The highest BCUT2D eigenvalue weighted by Gasteiger charge is 2.22. The lowest BCUT2D eigenvalue weighted by Crippen LogP contribution is -2.23. The number of halogens is 2. The van der Waals surface area contributed by atoms with Crippen molar-refractivity contribution < 1.29 is 18.3 Å². The van der Waals surface area contributed by atoms with Crippen LogP contribution in [-0.2, 0) is 0 Å². The summed E-state index contributed by atoms with van der Waals surface area (Å²) in [6.07, 6.45) is 3.93. The average Bonchev–Trinajstić information content (AvgIpc) is 2.38. The van der Waals surface area contributed by atoms with Crippen molar-refractivity contribution in [3.63, 3.8) is 0 Å². The normalized spacial score (nSPS) is 23.8. The van der Waals surface area contributed by atoms with Gasteiger partial charge in [-0.25, -0.2) is 0 Å². The van der Waals surface area contributed by atoms with Gasteiger partial charge in [0.25, 0.3) is 0 Å². The molecule has 0 bridgehead atoms. The molecular formula is C14H18F2O2. The Morgan fingerprint density at radius 3 is 2.17 bits per heavy atom. The zero-order valence-electron chi connectivity index (χ0n) is 10.7. The van der Waals surface area contributed by atoms with E-state index in [2.05, 4.69) is 6.92 Å². The first-order chi connectivity index (χ1) is 8.61. The molecule has 1 aliphatic carbocycles. The van der Waals surface area contributed by atoms with Crippen molar-refractivity contribution in [3.8, 4) is 11.5 Å². The first-order valence-corrected chi connectivity index (χ1v) is 6.30. The molecule has 0 aliphatic heterocycles. The Hall–Kier alpha value is -1.32. The fraction of sp³-hybridized carbons (Fsp3) is 0.571. The second-order valence-corrected chi connectivity index (χ2v) is 4.89. The van der Waals surface area contributed by atoms with Crippen molar-refractivity contribution in [3.05, 3.63) is 23.8 Å². The first kappa shape index (κ1) is 13.1. The van der Waals surface area contributed by atoms with E-state index in [1.807, 2.05) is 0 Å². The molecule has 2 rings (SSSR count). The Morgan fingerprint density at radius 1 is 1.00 bits per heavy atom. The third-order valence-electron chi connectivity index (χ3n) is 3.49. The highest BCUT2D eigenvalue weighted by atomic mass is 19.2. The summed E-state index contributed by atoms with van der Waals surface area (Å²) in [6, 6.07) is 2.81. The molecule has 1 aromatic rings. The minimum absolute atomic E-state index is 0.0107. The molecule has 1 aromatic carbocycles. The number of hydrogen-bond donors (Lipinski definition) is 0. The maximum Gasteiger partial charge on any atom is 0.204 e. The van der Waals surface area contributed by atoms with Crippen LogP contribution in [0.3, 0.4) is 0 Å². The van der Waals surface area contributed by atoms with E-state index in [0.717, 1.165) is 25.7 Å². The SMILES string of the molecule is COc1ccc(OC2CCC(C)CC2)c(F)c1F. The fourth-order valence-corrected chi connectivity index (χ4v) is 2.29. The topological polar surface area (TPSA) is 18.5 Å². The third-order valence-corrected chi connectivity index (χ3v) is 3.49. The van der Waals surface area contributed by atoms with Gasteiger partial charge in [0, 0.05) is 0 Å². The fourth-order valence-electron chi connectivity index (χ4n) is 2.29. The number of hydrogen-bond acceptors (Lipinski definition) is 2. The largest absolute Gasteiger partial charge is 0.494 e. The Labute approximate surface area is 106 Å². The molecule has 0 unspecified atom stereocenters. The molecule has 1 saturated carbocycles. The van der Waals surface area contributed by atoms with Crippen LogP contribution in [0.4, 0.5) is 8.78 Å². The standard InChI is InChI=1S/C14H18F2O2/c1-9-3-5-10(6-4-9)18-12-8-7-11(17-2)13(15)14(12)16/h7-10H,3-6H2,1-2H3. The van der Waals surface area contributed by atoms with Gasteiger partial charge in [0.1, 0.15) is 0 Å².